The Morgan fingerprint density at radius 1 is 1.46 bits per heavy atom. The van der Waals surface area contributed by atoms with E-state index >= 15 is 0 Å². The van der Waals surface area contributed by atoms with Gasteiger partial charge in [0.25, 0.3) is 0 Å². The molecule has 0 saturated carbocycles. The molecule has 0 aromatic carbocycles. The van der Waals surface area contributed by atoms with Crippen molar-refractivity contribution >= 4 is 17.9 Å². The van der Waals surface area contributed by atoms with Gasteiger partial charge < -0.3 is 4.79 Å². The Balaban J connectivity index is 3.23. The van der Waals surface area contributed by atoms with Crippen LogP contribution in [0.4, 0.5) is 0 Å². The maximum Gasteiger partial charge on any atom is 0.130 e. The fraction of sp³-hybridized carbons (Fsp3) is 0.400. The number of aryl methyl sites for hydroxylation is 1. The fourth-order valence-electron chi connectivity index (χ4n) is 1.27. The number of halogens is 1. The monoisotopic (exact) mass is 197 g/mol. The van der Waals surface area contributed by atoms with E-state index in [2.05, 4.69) is 4.98 Å². The van der Waals surface area contributed by atoms with Gasteiger partial charge in [0.2, 0.25) is 0 Å². The predicted molar refractivity (Wildman–Crippen MR) is 53.1 cm³/mol. The Bertz CT molecular complexity index is 334. The summed E-state index contributed by atoms with van der Waals surface area (Å²) in [6.07, 6.45) is 0.922. The Labute approximate surface area is 82.9 Å². The molecule has 3 heteroatoms. The zero-order valence-corrected chi connectivity index (χ0v) is 8.72. The molecule has 70 valence electrons. The highest BCUT2D eigenvalue weighted by atomic mass is 35.5. The molecule has 1 rings (SSSR count). The Hall–Kier alpha value is -0.890. The minimum atomic E-state index is -0.484. The first-order chi connectivity index (χ1) is 5.97. The number of pyridine rings is 1. The van der Waals surface area contributed by atoms with E-state index in [1.54, 1.807) is 6.07 Å². The first-order valence-electron chi connectivity index (χ1n) is 4.07. The van der Waals surface area contributed by atoms with E-state index in [0.29, 0.717) is 5.15 Å². The third kappa shape index (κ3) is 2.07. The molecule has 1 aromatic rings. The first kappa shape index (κ1) is 10.2. The summed E-state index contributed by atoms with van der Waals surface area (Å²) in [7, 11) is 0. The minimum Gasteiger partial charge on any atom is -0.302 e. The smallest absolute Gasteiger partial charge is 0.130 e. The summed E-state index contributed by atoms with van der Waals surface area (Å²) in [6, 6.07) is 3.55. The normalized spacial score (nSPS) is 11.4. The van der Waals surface area contributed by atoms with Gasteiger partial charge in [-0.1, -0.05) is 17.7 Å². The van der Waals surface area contributed by atoms with Crippen molar-refractivity contribution < 1.29 is 4.79 Å². The van der Waals surface area contributed by atoms with Crippen LogP contribution in [0, 0.1) is 6.92 Å². The average Bonchev–Trinajstić information content (AvgIpc) is 2.03. The molecule has 13 heavy (non-hydrogen) atoms. The second kappa shape index (κ2) is 3.46. The first-order valence-corrected chi connectivity index (χ1v) is 4.45. The number of carbonyl (C=O) groups is 1. The molecule has 1 heterocycles. The van der Waals surface area contributed by atoms with Crippen LogP contribution in [0.15, 0.2) is 12.1 Å². The third-order valence-corrected chi connectivity index (χ3v) is 2.25. The Morgan fingerprint density at radius 2 is 2.08 bits per heavy atom. The number of hydrogen-bond donors (Lipinski definition) is 0. The summed E-state index contributed by atoms with van der Waals surface area (Å²) in [5, 5.41) is 0.461. The molecule has 0 aliphatic carbocycles. The molecule has 0 amide bonds. The Kier molecular flexibility index (Phi) is 2.71. The fourth-order valence-corrected chi connectivity index (χ4v) is 1.46. The van der Waals surface area contributed by atoms with E-state index in [1.165, 1.54) is 0 Å². The molecule has 0 saturated heterocycles. The van der Waals surface area contributed by atoms with Crippen LogP contribution >= 0.6 is 11.6 Å². The highest BCUT2D eigenvalue weighted by molar-refractivity contribution is 6.29. The molecule has 0 bridgehead atoms. The van der Waals surface area contributed by atoms with Gasteiger partial charge in [0.05, 0.1) is 0 Å². The number of carbonyl (C=O) groups excluding carboxylic acids is 1. The van der Waals surface area contributed by atoms with E-state index in [9.17, 15) is 4.79 Å². The molecular formula is C10H12ClNO. The standard InChI is InChI=1S/C10H12ClNO/c1-7-8(10(2,3)6-13)4-5-9(11)12-7/h4-6H,1-3H3. The number of aromatic nitrogens is 1. The predicted octanol–water partition coefficient (Wildman–Crippen LogP) is 2.52. The van der Waals surface area contributed by atoms with Gasteiger partial charge in [-0.3, -0.25) is 0 Å². The van der Waals surface area contributed by atoms with Crippen LogP contribution in [-0.4, -0.2) is 11.3 Å². The van der Waals surface area contributed by atoms with Crippen molar-refractivity contribution in [3.8, 4) is 0 Å². The van der Waals surface area contributed by atoms with Crippen LogP contribution in [0.1, 0.15) is 25.1 Å². The molecule has 1 aromatic heterocycles. The van der Waals surface area contributed by atoms with Gasteiger partial charge in [-0.2, -0.15) is 0 Å². The summed E-state index contributed by atoms with van der Waals surface area (Å²) in [4.78, 5) is 14.9. The van der Waals surface area contributed by atoms with Gasteiger partial charge in [-0.05, 0) is 32.4 Å². The molecule has 0 spiro atoms. The van der Waals surface area contributed by atoms with E-state index in [1.807, 2.05) is 26.8 Å². The van der Waals surface area contributed by atoms with Crippen molar-refractivity contribution in [3.05, 3.63) is 28.5 Å². The molecule has 0 unspecified atom stereocenters. The molecule has 0 aliphatic rings. The summed E-state index contributed by atoms with van der Waals surface area (Å²) in [6.45, 7) is 5.57. The molecule has 0 atom stereocenters. The van der Waals surface area contributed by atoms with Gasteiger partial charge in [-0.15, -0.1) is 0 Å². The largest absolute Gasteiger partial charge is 0.302 e. The summed E-state index contributed by atoms with van der Waals surface area (Å²) >= 11 is 5.71. The second-order valence-electron chi connectivity index (χ2n) is 3.61. The summed E-state index contributed by atoms with van der Waals surface area (Å²) in [5.41, 5.74) is 1.25. The van der Waals surface area contributed by atoms with Gasteiger partial charge in [0.1, 0.15) is 11.4 Å². The zero-order valence-electron chi connectivity index (χ0n) is 7.97. The molecule has 0 fully saturated rings. The van der Waals surface area contributed by atoms with Crippen LogP contribution in [0.25, 0.3) is 0 Å². The quantitative estimate of drug-likeness (QED) is 0.539. The molecule has 0 radical (unpaired) electrons. The van der Waals surface area contributed by atoms with Crippen LogP contribution in [-0.2, 0) is 10.2 Å². The second-order valence-corrected chi connectivity index (χ2v) is 3.99. The molecule has 2 nitrogen and oxygen atoms in total. The molecular weight excluding hydrogens is 186 g/mol. The maximum atomic E-state index is 10.8. The third-order valence-electron chi connectivity index (χ3n) is 2.04. The van der Waals surface area contributed by atoms with Crippen molar-refractivity contribution in [3.63, 3.8) is 0 Å². The summed E-state index contributed by atoms with van der Waals surface area (Å²) < 4.78 is 0. The molecule has 0 N–H and O–H groups in total. The van der Waals surface area contributed by atoms with Crippen LogP contribution in [0.3, 0.4) is 0 Å². The highest BCUT2D eigenvalue weighted by Crippen LogP contribution is 2.24. The average molecular weight is 198 g/mol. The number of rotatable bonds is 2. The van der Waals surface area contributed by atoms with Crippen molar-refractivity contribution in [2.45, 2.75) is 26.2 Å². The van der Waals surface area contributed by atoms with Crippen molar-refractivity contribution in [1.29, 1.82) is 0 Å². The topological polar surface area (TPSA) is 30.0 Å². The van der Waals surface area contributed by atoms with Gasteiger partial charge in [-0.25, -0.2) is 4.98 Å². The lowest BCUT2D eigenvalue weighted by Crippen LogP contribution is -2.20. The number of aldehydes is 1. The van der Waals surface area contributed by atoms with E-state index in [-0.39, 0.29) is 0 Å². The minimum absolute atomic E-state index is 0.461. The lowest BCUT2D eigenvalue weighted by atomic mass is 9.85. The zero-order chi connectivity index (χ0) is 10.1. The van der Waals surface area contributed by atoms with E-state index < -0.39 is 5.41 Å². The van der Waals surface area contributed by atoms with Gasteiger partial charge in [0.15, 0.2) is 0 Å². The van der Waals surface area contributed by atoms with Gasteiger partial charge >= 0.3 is 0 Å². The molecule has 0 aliphatic heterocycles. The maximum absolute atomic E-state index is 10.8. The summed E-state index contributed by atoms with van der Waals surface area (Å²) in [5.74, 6) is 0. The van der Waals surface area contributed by atoms with Crippen molar-refractivity contribution in [2.24, 2.45) is 0 Å². The SMILES string of the molecule is Cc1nc(Cl)ccc1C(C)(C)C=O. The van der Waals surface area contributed by atoms with E-state index in [0.717, 1.165) is 17.5 Å². The van der Waals surface area contributed by atoms with E-state index in [4.69, 9.17) is 11.6 Å². The van der Waals surface area contributed by atoms with Gasteiger partial charge in [0, 0.05) is 11.1 Å². The van der Waals surface area contributed by atoms with Crippen LogP contribution < -0.4 is 0 Å². The van der Waals surface area contributed by atoms with Crippen LogP contribution in [0.5, 0.6) is 0 Å². The lowest BCUT2D eigenvalue weighted by Gasteiger charge is -2.19. The Morgan fingerprint density at radius 3 is 2.54 bits per heavy atom. The number of hydrogen-bond acceptors (Lipinski definition) is 2. The number of nitrogens with zero attached hydrogens (tertiary/aromatic N) is 1. The van der Waals surface area contributed by atoms with Crippen LogP contribution in [0.2, 0.25) is 5.15 Å². The van der Waals surface area contributed by atoms with Crippen molar-refractivity contribution in [2.75, 3.05) is 0 Å². The highest BCUT2D eigenvalue weighted by Gasteiger charge is 2.22. The lowest BCUT2D eigenvalue weighted by molar-refractivity contribution is -0.111. The van der Waals surface area contributed by atoms with Crippen molar-refractivity contribution in [1.82, 2.24) is 4.98 Å².